The van der Waals surface area contributed by atoms with Crippen molar-refractivity contribution in [1.82, 2.24) is 4.98 Å². The molecule has 1 aromatic heterocycles. The van der Waals surface area contributed by atoms with E-state index in [1.807, 2.05) is 30.3 Å². The van der Waals surface area contributed by atoms with Gasteiger partial charge in [0.15, 0.2) is 0 Å². The van der Waals surface area contributed by atoms with Gasteiger partial charge in [-0.2, -0.15) is 5.26 Å². The molecule has 0 fully saturated rings. The topological polar surface area (TPSA) is 36.7 Å². The molecule has 0 bridgehead atoms. The summed E-state index contributed by atoms with van der Waals surface area (Å²) in [5.74, 6) is 0. The van der Waals surface area contributed by atoms with Gasteiger partial charge in [0.05, 0.1) is 17.3 Å². The fourth-order valence-electron chi connectivity index (χ4n) is 1.42. The van der Waals surface area contributed by atoms with Gasteiger partial charge in [0, 0.05) is 11.2 Å². The molecule has 0 spiro atoms. The van der Waals surface area contributed by atoms with Crippen LogP contribution in [0.25, 0.3) is 11.6 Å². The summed E-state index contributed by atoms with van der Waals surface area (Å²) < 4.78 is 0. The van der Waals surface area contributed by atoms with Gasteiger partial charge in [-0.25, -0.2) is 0 Å². The lowest BCUT2D eigenvalue weighted by molar-refractivity contribution is 1.30. The van der Waals surface area contributed by atoms with Crippen molar-refractivity contribution in [2.24, 2.45) is 0 Å². The first kappa shape index (κ1) is 11.4. The van der Waals surface area contributed by atoms with Crippen LogP contribution in [0, 0.1) is 11.3 Å². The maximum Gasteiger partial charge on any atom is 0.0998 e. The van der Waals surface area contributed by atoms with Crippen molar-refractivity contribution < 1.29 is 0 Å². The number of hydrogen-bond donors (Lipinski definition) is 0. The minimum atomic E-state index is 0.570. The summed E-state index contributed by atoms with van der Waals surface area (Å²) in [4.78, 5) is 4.16. The summed E-state index contributed by atoms with van der Waals surface area (Å²) in [7, 11) is 0. The second-order valence-electron chi connectivity index (χ2n) is 3.43. The van der Waals surface area contributed by atoms with E-state index in [9.17, 15) is 0 Å². The van der Waals surface area contributed by atoms with Crippen molar-refractivity contribution >= 4 is 23.3 Å². The van der Waals surface area contributed by atoms with E-state index in [4.69, 9.17) is 16.9 Å². The second kappa shape index (κ2) is 5.29. The highest BCUT2D eigenvalue weighted by Gasteiger charge is 2.01. The Hall–Kier alpha value is -2.11. The maximum absolute atomic E-state index is 9.13. The Morgan fingerprint density at radius 2 is 1.94 bits per heavy atom. The summed E-state index contributed by atoms with van der Waals surface area (Å²) in [6, 6.07) is 14.9. The Balaban J connectivity index is 2.38. The van der Waals surface area contributed by atoms with Gasteiger partial charge in [-0.1, -0.05) is 29.8 Å². The molecule has 0 saturated carbocycles. The number of rotatable bonds is 2. The van der Waals surface area contributed by atoms with E-state index >= 15 is 0 Å². The zero-order valence-corrected chi connectivity index (χ0v) is 9.72. The van der Waals surface area contributed by atoms with Crippen molar-refractivity contribution in [3.8, 4) is 6.07 Å². The van der Waals surface area contributed by atoms with Crippen LogP contribution in [0.5, 0.6) is 0 Å². The minimum Gasteiger partial charge on any atom is -0.257 e. The van der Waals surface area contributed by atoms with E-state index in [1.54, 1.807) is 24.4 Å². The van der Waals surface area contributed by atoms with Gasteiger partial charge in [0.25, 0.3) is 0 Å². The van der Waals surface area contributed by atoms with Gasteiger partial charge in [-0.05, 0) is 35.9 Å². The highest BCUT2D eigenvalue weighted by atomic mass is 35.5. The lowest BCUT2D eigenvalue weighted by atomic mass is 10.1. The third-order valence-electron chi connectivity index (χ3n) is 2.26. The number of nitrogens with zero attached hydrogens (tertiary/aromatic N) is 2. The molecule has 0 saturated heterocycles. The van der Waals surface area contributed by atoms with Gasteiger partial charge in [-0.3, -0.25) is 4.98 Å². The summed E-state index contributed by atoms with van der Waals surface area (Å²) in [5, 5.41) is 9.79. The van der Waals surface area contributed by atoms with Gasteiger partial charge >= 0.3 is 0 Å². The minimum absolute atomic E-state index is 0.570. The monoisotopic (exact) mass is 240 g/mol. The smallest absolute Gasteiger partial charge is 0.0998 e. The standard InChI is InChI=1S/C14H9ClN2/c15-13-6-4-11(5-7-13)12(10-16)9-14-3-1-2-8-17-14/h1-9H. The second-order valence-corrected chi connectivity index (χ2v) is 3.87. The number of nitriles is 1. The zero-order valence-electron chi connectivity index (χ0n) is 8.97. The number of pyridine rings is 1. The fourth-order valence-corrected chi connectivity index (χ4v) is 1.54. The molecule has 2 rings (SSSR count). The molecule has 2 aromatic rings. The Morgan fingerprint density at radius 3 is 2.53 bits per heavy atom. The number of allylic oxidation sites excluding steroid dienone is 1. The van der Waals surface area contributed by atoms with Crippen LogP contribution in [0.4, 0.5) is 0 Å². The van der Waals surface area contributed by atoms with Gasteiger partial charge in [-0.15, -0.1) is 0 Å². The first-order valence-electron chi connectivity index (χ1n) is 5.08. The maximum atomic E-state index is 9.13. The first-order chi connectivity index (χ1) is 8.29. The molecular weight excluding hydrogens is 232 g/mol. The van der Waals surface area contributed by atoms with Gasteiger partial charge in [0.2, 0.25) is 0 Å². The first-order valence-corrected chi connectivity index (χ1v) is 5.46. The van der Waals surface area contributed by atoms with E-state index in [0.29, 0.717) is 10.6 Å². The molecule has 0 aliphatic rings. The highest BCUT2D eigenvalue weighted by molar-refractivity contribution is 6.30. The molecule has 17 heavy (non-hydrogen) atoms. The van der Waals surface area contributed by atoms with Crippen molar-refractivity contribution in [1.29, 1.82) is 5.26 Å². The quantitative estimate of drug-likeness (QED) is 0.749. The van der Waals surface area contributed by atoms with Crippen LogP contribution in [0.15, 0.2) is 48.7 Å². The van der Waals surface area contributed by atoms with Crippen LogP contribution in [-0.4, -0.2) is 4.98 Å². The predicted octanol–water partition coefficient (Wildman–Crippen LogP) is 3.80. The lowest BCUT2D eigenvalue weighted by Crippen LogP contribution is -1.83. The molecular formula is C14H9ClN2. The number of aromatic nitrogens is 1. The molecule has 3 heteroatoms. The average molecular weight is 241 g/mol. The Bertz CT molecular complexity index is 565. The van der Waals surface area contributed by atoms with Gasteiger partial charge < -0.3 is 0 Å². The molecule has 82 valence electrons. The largest absolute Gasteiger partial charge is 0.257 e. The van der Waals surface area contributed by atoms with E-state index in [1.165, 1.54) is 0 Å². The van der Waals surface area contributed by atoms with E-state index in [2.05, 4.69) is 11.1 Å². The summed E-state index contributed by atoms with van der Waals surface area (Å²) in [6.07, 6.45) is 3.45. The van der Waals surface area contributed by atoms with Crippen LogP contribution in [0.2, 0.25) is 5.02 Å². The molecule has 0 aliphatic heterocycles. The third kappa shape index (κ3) is 2.93. The zero-order chi connectivity index (χ0) is 12.1. The number of hydrogen-bond acceptors (Lipinski definition) is 2. The molecule has 0 radical (unpaired) electrons. The summed E-state index contributed by atoms with van der Waals surface area (Å²) in [5.41, 5.74) is 2.17. The Kier molecular flexibility index (Phi) is 3.54. The van der Waals surface area contributed by atoms with Crippen molar-refractivity contribution in [2.75, 3.05) is 0 Å². The molecule has 1 aromatic carbocycles. The molecule has 0 aliphatic carbocycles. The molecule has 0 amide bonds. The van der Waals surface area contributed by atoms with E-state index in [0.717, 1.165) is 11.3 Å². The predicted molar refractivity (Wildman–Crippen MR) is 69.2 cm³/mol. The molecule has 0 atom stereocenters. The van der Waals surface area contributed by atoms with E-state index < -0.39 is 0 Å². The molecule has 2 nitrogen and oxygen atoms in total. The Labute approximate surface area is 105 Å². The van der Waals surface area contributed by atoms with Crippen LogP contribution < -0.4 is 0 Å². The van der Waals surface area contributed by atoms with Crippen molar-refractivity contribution in [3.63, 3.8) is 0 Å². The SMILES string of the molecule is N#CC(=Cc1ccccn1)c1ccc(Cl)cc1. The van der Waals surface area contributed by atoms with Crippen LogP contribution in [0.1, 0.15) is 11.3 Å². The molecule has 1 heterocycles. The lowest BCUT2D eigenvalue weighted by Gasteiger charge is -1.99. The van der Waals surface area contributed by atoms with Crippen LogP contribution >= 0.6 is 11.6 Å². The summed E-state index contributed by atoms with van der Waals surface area (Å²) in [6.45, 7) is 0. The van der Waals surface area contributed by atoms with Crippen molar-refractivity contribution in [2.45, 2.75) is 0 Å². The van der Waals surface area contributed by atoms with Crippen LogP contribution in [-0.2, 0) is 0 Å². The normalized spacial score (nSPS) is 10.9. The fraction of sp³-hybridized carbons (Fsp3) is 0. The Morgan fingerprint density at radius 1 is 1.18 bits per heavy atom. The highest BCUT2D eigenvalue weighted by Crippen LogP contribution is 2.18. The van der Waals surface area contributed by atoms with Gasteiger partial charge in [0.1, 0.15) is 0 Å². The van der Waals surface area contributed by atoms with Crippen molar-refractivity contribution in [3.05, 3.63) is 64.9 Å². The summed E-state index contributed by atoms with van der Waals surface area (Å²) >= 11 is 5.81. The molecule has 0 unspecified atom stereocenters. The van der Waals surface area contributed by atoms with Crippen LogP contribution in [0.3, 0.4) is 0 Å². The number of benzene rings is 1. The molecule has 0 N–H and O–H groups in total. The third-order valence-corrected chi connectivity index (χ3v) is 2.51. The average Bonchev–Trinajstić information content (AvgIpc) is 2.38. The number of halogens is 1. The van der Waals surface area contributed by atoms with E-state index in [-0.39, 0.29) is 0 Å².